The van der Waals surface area contributed by atoms with Gasteiger partial charge in [0.2, 0.25) is 5.91 Å². The predicted molar refractivity (Wildman–Crippen MR) is 102 cm³/mol. The van der Waals surface area contributed by atoms with Crippen molar-refractivity contribution in [2.75, 3.05) is 5.32 Å². The molecule has 1 aliphatic carbocycles. The van der Waals surface area contributed by atoms with Crippen molar-refractivity contribution in [1.82, 2.24) is 15.6 Å². The van der Waals surface area contributed by atoms with Crippen molar-refractivity contribution in [2.24, 2.45) is 0 Å². The zero-order chi connectivity index (χ0) is 23.7. The van der Waals surface area contributed by atoms with E-state index in [9.17, 15) is 35.9 Å². The van der Waals surface area contributed by atoms with Gasteiger partial charge in [0, 0.05) is 5.02 Å². The number of nitrogens with zero attached hydrogens (tertiary/aromatic N) is 1. The van der Waals surface area contributed by atoms with E-state index in [4.69, 9.17) is 11.6 Å². The van der Waals surface area contributed by atoms with Crippen molar-refractivity contribution in [2.45, 2.75) is 37.3 Å². The topological polar surface area (TPSA) is 83.1 Å². The van der Waals surface area contributed by atoms with Gasteiger partial charge in [0.15, 0.2) is 0 Å². The molecular formula is C19H15ClF6N4O2. The minimum atomic E-state index is -5.10. The Morgan fingerprint density at radius 1 is 1.06 bits per heavy atom. The lowest BCUT2D eigenvalue weighted by molar-refractivity contribution is -0.175. The van der Waals surface area contributed by atoms with Crippen molar-refractivity contribution in [3.05, 3.63) is 52.8 Å². The highest BCUT2D eigenvalue weighted by atomic mass is 35.5. The van der Waals surface area contributed by atoms with Crippen LogP contribution in [0.25, 0.3) is 0 Å². The highest BCUT2D eigenvalue weighted by Crippen LogP contribution is 2.38. The fraction of sp³-hybridized carbons (Fsp3) is 0.316. The molecule has 0 radical (unpaired) electrons. The van der Waals surface area contributed by atoms with E-state index in [1.165, 1.54) is 30.5 Å². The molecule has 172 valence electrons. The Morgan fingerprint density at radius 2 is 1.75 bits per heavy atom. The Bertz CT molecular complexity index is 1020. The summed E-state index contributed by atoms with van der Waals surface area (Å²) in [5.74, 6) is -2.98. The molecule has 0 spiro atoms. The second-order valence-electron chi connectivity index (χ2n) is 7.07. The highest BCUT2D eigenvalue weighted by molar-refractivity contribution is 6.30. The highest BCUT2D eigenvalue weighted by Gasteiger charge is 2.54. The van der Waals surface area contributed by atoms with E-state index in [0.29, 0.717) is 5.69 Å². The Morgan fingerprint density at radius 3 is 2.28 bits per heavy atom. The molecule has 1 heterocycles. The largest absolute Gasteiger partial charge is 0.471 e. The van der Waals surface area contributed by atoms with Crippen LogP contribution in [0.1, 0.15) is 24.1 Å². The number of hydrogen-bond donors (Lipinski definition) is 3. The molecule has 3 N–H and O–H groups in total. The number of benzene rings is 1. The molecule has 0 unspecified atom stereocenters. The van der Waals surface area contributed by atoms with Gasteiger partial charge < -0.3 is 16.0 Å². The third kappa shape index (κ3) is 5.61. The second kappa shape index (κ2) is 8.49. The Hall–Kier alpha value is -3.02. The van der Waals surface area contributed by atoms with E-state index >= 15 is 0 Å². The number of nitrogens with one attached hydrogen (secondary N) is 3. The maximum atomic E-state index is 13.2. The Balaban J connectivity index is 1.61. The SMILES string of the molecule is O=C(NC1(C(=O)NCc2ccc(Nc3ccc(Cl)cc3C(F)(F)F)cn2)CC1)C(F)(F)F. The minimum Gasteiger partial charge on any atom is -0.354 e. The van der Waals surface area contributed by atoms with Crippen molar-refractivity contribution < 1.29 is 35.9 Å². The summed E-state index contributed by atoms with van der Waals surface area (Å²) in [5.41, 5.74) is -2.27. The molecule has 1 aromatic carbocycles. The molecule has 13 heteroatoms. The molecule has 0 saturated heterocycles. The number of rotatable bonds is 6. The average molecular weight is 481 g/mol. The lowest BCUT2D eigenvalue weighted by Crippen LogP contribution is -2.52. The fourth-order valence-electron chi connectivity index (χ4n) is 2.78. The number of carbonyl (C=O) groups is 2. The first kappa shape index (κ1) is 23.6. The van der Waals surface area contributed by atoms with Gasteiger partial charge in [-0.1, -0.05) is 11.6 Å². The molecule has 0 atom stereocenters. The van der Waals surface area contributed by atoms with Crippen molar-refractivity contribution in [3.63, 3.8) is 0 Å². The number of aromatic nitrogens is 1. The summed E-state index contributed by atoms with van der Waals surface area (Å²) in [6.45, 7) is -0.155. The minimum absolute atomic E-state index is 0.0690. The normalized spacial score (nSPS) is 15.1. The first-order valence-electron chi connectivity index (χ1n) is 9.06. The zero-order valence-electron chi connectivity index (χ0n) is 16.0. The van der Waals surface area contributed by atoms with Crippen LogP contribution in [0.3, 0.4) is 0 Å². The van der Waals surface area contributed by atoms with Gasteiger partial charge in [-0.05, 0) is 43.2 Å². The summed E-state index contributed by atoms with van der Waals surface area (Å²) in [4.78, 5) is 27.3. The van der Waals surface area contributed by atoms with Gasteiger partial charge >= 0.3 is 18.3 Å². The smallest absolute Gasteiger partial charge is 0.354 e. The van der Waals surface area contributed by atoms with Crippen LogP contribution in [0.5, 0.6) is 0 Å². The van der Waals surface area contributed by atoms with Crippen molar-refractivity contribution in [1.29, 1.82) is 0 Å². The van der Waals surface area contributed by atoms with Crippen LogP contribution in [-0.4, -0.2) is 28.5 Å². The Labute approximate surface area is 182 Å². The fourth-order valence-corrected chi connectivity index (χ4v) is 2.95. The molecule has 32 heavy (non-hydrogen) atoms. The van der Waals surface area contributed by atoms with E-state index in [0.717, 1.165) is 6.07 Å². The number of halogens is 7. The van der Waals surface area contributed by atoms with E-state index in [2.05, 4.69) is 15.6 Å². The number of amides is 2. The van der Waals surface area contributed by atoms with E-state index in [1.807, 2.05) is 0 Å². The molecule has 0 aliphatic heterocycles. The number of carbonyl (C=O) groups excluding carboxylic acids is 2. The van der Waals surface area contributed by atoms with E-state index < -0.39 is 35.3 Å². The first-order valence-corrected chi connectivity index (χ1v) is 9.44. The first-order chi connectivity index (χ1) is 14.8. The molecule has 2 aromatic rings. The summed E-state index contributed by atoms with van der Waals surface area (Å²) < 4.78 is 76.7. The van der Waals surface area contributed by atoms with E-state index in [1.54, 1.807) is 5.32 Å². The molecule has 1 aromatic heterocycles. The van der Waals surface area contributed by atoms with Gasteiger partial charge in [-0.15, -0.1) is 0 Å². The molecule has 3 rings (SSSR count). The lowest BCUT2D eigenvalue weighted by atomic mass is 10.1. The summed E-state index contributed by atoms with van der Waals surface area (Å²) in [6.07, 6.45) is -8.37. The van der Waals surface area contributed by atoms with Crippen molar-refractivity contribution >= 4 is 34.8 Å². The van der Waals surface area contributed by atoms with Gasteiger partial charge in [0.05, 0.1) is 35.4 Å². The average Bonchev–Trinajstić information content (AvgIpc) is 3.48. The Kier molecular flexibility index (Phi) is 6.27. The second-order valence-corrected chi connectivity index (χ2v) is 7.50. The molecule has 1 aliphatic rings. The van der Waals surface area contributed by atoms with Crippen LogP contribution in [0.2, 0.25) is 5.02 Å². The third-order valence-electron chi connectivity index (χ3n) is 4.62. The maximum Gasteiger partial charge on any atom is 0.471 e. The zero-order valence-corrected chi connectivity index (χ0v) is 16.8. The quantitative estimate of drug-likeness (QED) is 0.538. The summed E-state index contributed by atoms with van der Waals surface area (Å²) in [6, 6.07) is 6.08. The van der Waals surface area contributed by atoms with Crippen LogP contribution in [-0.2, 0) is 22.3 Å². The predicted octanol–water partition coefficient (Wildman–Crippen LogP) is 4.32. The number of alkyl halides is 6. The molecule has 1 saturated carbocycles. The molecule has 2 amide bonds. The van der Waals surface area contributed by atoms with Gasteiger partial charge in [-0.3, -0.25) is 14.6 Å². The summed E-state index contributed by atoms with van der Waals surface area (Å²) in [5, 5.41) is 6.60. The monoisotopic (exact) mass is 480 g/mol. The van der Waals surface area contributed by atoms with Gasteiger partial charge in [0.25, 0.3) is 0 Å². The van der Waals surface area contributed by atoms with Gasteiger partial charge in [0.1, 0.15) is 5.54 Å². The number of pyridine rings is 1. The van der Waals surface area contributed by atoms with Crippen LogP contribution in [0.4, 0.5) is 37.7 Å². The molecule has 0 bridgehead atoms. The third-order valence-corrected chi connectivity index (χ3v) is 4.85. The van der Waals surface area contributed by atoms with Gasteiger partial charge in [-0.25, -0.2) is 0 Å². The maximum absolute atomic E-state index is 13.2. The molecule has 6 nitrogen and oxygen atoms in total. The van der Waals surface area contributed by atoms with Crippen LogP contribution in [0, 0.1) is 0 Å². The van der Waals surface area contributed by atoms with E-state index in [-0.39, 0.29) is 35.8 Å². The van der Waals surface area contributed by atoms with Crippen LogP contribution >= 0.6 is 11.6 Å². The summed E-state index contributed by atoms with van der Waals surface area (Å²) in [7, 11) is 0. The standard InChI is InChI=1S/C19H15ClF6N4O2/c20-10-1-4-14(13(7-10)18(21,22)23)29-12-3-2-11(27-9-12)8-28-15(31)17(5-6-17)30-16(32)19(24,25)26/h1-4,7,9,29H,5-6,8H2,(H,28,31)(H,30,32). The molecular weight excluding hydrogens is 466 g/mol. The van der Waals surface area contributed by atoms with Crippen LogP contribution in [0.15, 0.2) is 36.5 Å². The lowest BCUT2D eigenvalue weighted by Gasteiger charge is -2.18. The summed E-state index contributed by atoms with van der Waals surface area (Å²) >= 11 is 5.64. The van der Waals surface area contributed by atoms with Crippen molar-refractivity contribution in [3.8, 4) is 0 Å². The number of anilines is 2. The van der Waals surface area contributed by atoms with Gasteiger partial charge in [-0.2, -0.15) is 26.3 Å². The number of hydrogen-bond acceptors (Lipinski definition) is 4. The molecule has 1 fully saturated rings. The van der Waals surface area contributed by atoms with Crippen LogP contribution < -0.4 is 16.0 Å².